The minimum Gasteiger partial charge on any atom is -0.335 e. The van der Waals surface area contributed by atoms with E-state index in [2.05, 4.69) is 44.7 Å². The summed E-state index contributed by atoms with van der Waals surface area (Å²) < 4.78 is 0. The lowest BCUT2D eigenvalue weighted by molar-refractivity contribution is -0.134. The van der Waals surface area contributed by atoms with Crippen LogP contribution in [0.2, 0.25) is 0 Å². The van der Waals surface area contributed by atoms with E-state index in [0.717, 1.165) is 6.54 Å². The maximum atomic E-state index is 12.6. The van der Waals surface area contributed by atoms with Gasteiger partial charge in [-0.1, -0.05) is 58.0 Å². The second-order valence-corrected chi connectivity index (χ2v) is 7.21. The first-order valence-corrected chi connectivity index (χ1v) is 7.71. The van der Waals surface area contributed by atoms with Crippen molar-refractivity contribution >= 4 is 5.91 Å². The third kappa shape index (κ3) is 4.09. The maximum absolute atomic E-state index is 12.6. The molecule has 0 saturated heterocycles. The average molecular weight is 273 g/mol. The zero-order valence-corrected chi connectivity index (χ0v) is 13.2. The predicted octanol–water partition coefficient (Wildman–Crippen LogP) is 4.25. The van der Waals surface area contributed by atoms with Crippen molar-refractivity contribution in [1.29, 1.82) is 0 Å². The van der Waals surface area contributed by atoms with Gasteiger partial charge in [0.15, 0.2) is 0 Å². The van der Waals surface area contributed by atoms with Gasteiger partial charge < -0.3 is 4.90 Å². The summed E-state index contributed by atoms with van der Waals surface area (Å²) in [4.78, 5) is 14.7. The Balaban J connectivity index is 2.00. The molecule has 1 aliphatic rings. The van der Waals surface area contributed by atoms with Crippen LogP contribution in [0.3, 0.4) is 0 Å². The van der Waals surface area contributed by atoms with E-state index >= 15 is 0 Å². The molecule has 1 fully saturated rings. The molecule has 20 heavy (non-hydrogen) atoms. The smallest absolute Gasteiger partial charge is 0.223 e. The van der Waals surface area contributed by atoms with Gasteiger partial charge in [0.2, 0.25) is 5.91 Å². The van der Waals surface area contributed by atoms with Crippen LogP contribution in [0.5, 0.6) is 0 Å². The molecule has 1 aliphatic carbocycles. The van der Waals surface area contributed by atoms with Crippen LogP contribution in [-0.4, -0.2) is 16.8 Å². The van der Waals surface area contributed by atoms with Crippen LogP contribution < -0.4 is 0 Å². The molecule has 2 heteroatoms. The fraction of sp³-hybridized carbons (Fsp3) is 0.611. The van der Waals surface area contributed by atoms with Crippen molar-refractivity contribution in [2.24, 2.45) is 11.3 Å². The van der Waals surface area contributed by atoms with Gasteiger partial charge in [-0.25, -0.2) is 0 Å². The van der Waals surface area contributed by atoms with Crippen molar-refractivity contribution < 1.29 is 4.79 Å². The molecule has 1 amide bonds. The molecular formula is C18H27NO. The Kier molecular flexibility index (Phi) is 4.52. The van der Waals surface area contributed by atoms with Crippen LogP contribution in [0, 0.1) is 11.3 Å². The third-order valence-corrected chi connectivity index (χ3v) is 4.46. The maximum Gasteiger partial charge on any atom is 0.223 e. The van der Waals surface area contributed by atoms with E-state index in [1.165, 1.54) is 18.4 Å². The minimum absolute atomic E-state index is 0.192. The van der Waals surface area contributed by atoms with E-state index in [1.54, 1.807) is 0 Å². The van der Waals surface area contributed by atoms with Gasteiger partial charge in [-0.05, 0) is 29.7 Å². The summed E-state index contributed by atoms with van der Waals surface area (Å²) in [5.41, 5.74) is 1.42. The van der Waals surface area contributed by atoms with Gasteiger partial charge in [0.25, 0.3) is 0 Å². The summed E-state index contributed by atoms with van der Waals surface area (Å²) in [6.07, 6.45) is 3.00. The molecule has 0 bridgehead atoms. The van der Waals surface area contributed by atoms with E-state index < -0.39 is 0 Å². The molecule has 0 N–H and O–H groups in total. The lowest BCUT2D eigenvalue weighted by Crippen LogP contribution is -2.35. The molecule has 1 unspecified atom stereocenters. The molecule has 1 saturated carbocycles. The molecule has 1 atom stereocenters. The highest BCUT2D eigenvalue weighted by atomic mass is 16.2. The van der Waals surface area contributed by atoms with Crippen LogP contribution in [-0.2, 0) is 11.3 Å². The van der Waals surface area contributed by atoms with Crippen molar-refractivity contribution in [2.45, 2.75) is 59.5 Å². The van der Waals surface area contributed by atoms with Gasteiger partial charge >= 0.3 is 0 Å². The van der Waals surface area contributed by atoms with E-state index in [4.69, 9.17) is 0 Å². The number of hydrogen-bond donors (Lipinski definition) is 0. The van der Waals surface area contributed by atoms with Crippen LogP contribution in [0.15, 0.2) is 30.3 Å². The standard InChI is InChI=1S/C18H27NO/c1-14(18(2,3)4)12-17(20)19(16-10-11-16)13-15-8-6-5-7-9-15/h5-9,14,16H,10-13H2,1-4H3. The summed E-state index contributed by atoms with van der Waals surface area (Å²) in [6.45, 7) is 9.59. The number of rotatable bonds is 5. The zero-order valence-electron chi connectivity index (χ0n) is 13.2. The van der Waals surface area contributed by atoms with Gasteiger partial charge in [-0.2, -0.15) is 0 Å². The van der Waals surface area contributed by atoms with Crippen LogP contribution in [0.25, 0.3) is 0 Å². The Morgan fingerprint density at radius 3 is 2.35 bits per heavy atom. The SMILES string of the molecule is CC(CC(=O)N(Cc1ccccc1)C1CC1)C(C)(C)C. The Morgan fingerprint density at radius 1 is 1.25 bits per heavy atom. The number of carbonyl (C=O) groups is 1. The monoisotopic (exact) mass is 273 g/mol. The molecule has 0 radical (unpaired) electrons. The first kappa shape index (κ1) is 15.1. The van der Waals surface area contributed by atoms with Gasteiger partial charge in [-0.15, -0.1) is 0 Å². The van der Waals surface area contributed by atoms with E-state index in [0.29, 0.717) is 24.3 Å². The largest absolute Gasteiger partial charge is 0.335 e. The summed E-state index contributed by atoms with van der Waals surface area (Å²) in [5, 5.41) is 0. The summed E-state index contributed by atoms with van der Waals surface area (Å²) >= 11 is 0. The number of benzene rings is 1. The topological polar surface area (TPSA) is 20.3 Å². The Morgan fingerprint density at radius 2 is 1.85 bits per heavy atom. The number of amides is 1. The van der Waals surface area contributed by atoms with Crippen LogP contribution in [0.1, 0.15) is 52.5 Å². The minimum atomic E-state index is 0.192. The number of nitrogens with zero attached hydrogens (tertiary/aromatic N) is 1. The number of carbonyl (C=O) groups excluding carboxylic acids is 1. The van der Waals surface area contributed by atoms with Gasteiger partial charge in [0.05, 0.1) is 0 Å². The second-order valence-electron chi connectivity index (χ2n) is 7.21. The fourth-order valence-corrected chi connectivity index (χ4v) is 2.27. The van der Waals surface area contributed by atoms with Gasteiger partial charge in [0, 0.05) is 19.0 Å². The molecule has 0 aliphatic heterocycles. The highest BCUT2D eigenvalue weighted by Crippen LogP contribution is 2.33. The first-order valence-electron chi connectivity index (χ1n) is 7.71. The Hall–Kier alpha value is -1.31. The lowest BCUT2D eigenvalue weighted by Gasteiger charge is -2.30. The van der Waals surface area contributed by atoms with Crippen molar-refractivity contribution in [3.05, 3.63) is 35.9 Å². The lowest BCUT2D eigenvalue weighted by atomic mass is 9.80. The highest BCUT2D eigenvalue weighted by Gasteiger charge is 2.34. The zero-order chi connectivity index (χ0) is 14.8. The quantitative estimate of drug-likeness (QED) is 0.785. The fourth-order valence-electron chi connectivity index (χ4n) is 2.27. The van der Waals surface area contributed by atoms with Crippen molar-refractivity contribution in [3.8, 4) is 0 Å². The Bertz CT molecular complexity index is 442. The summed E-state index contributed by atoms with van der Waals surface area (Å²) in [5.74, 6) is 0.728. The predicted molar refractivity (Wildman–Crippen MR) is 83.3 cm³/mol. The van der Waals surface area contributed by atoms with Crippen molar-refractivity contribution in [1.82, 2.24) is 4.90 Å². The van der Waals surface area contributed by atoms with E-state index in [1.807, 2.05) is 18.2 Å². The van der Waals surface area contributed by atoms with Crippen molar-refractivity contribution in [2.75, 3.05) is 0 Å². The molecular weight excluding hydrogens is 246 g/mol. The average Bonchev–Trinajstić information content (AvgIpc) is 3.20. The molecule has 0 spiro atoms. The summed E-state index contributed by atoms with van der Waals surface area (Å²) in [6, 6.07) is 10.8. The summed E-state index contributed by atoms with van der Waals surface area (Å²) in [7, 11) is 0. The molecule has 1 aromatic rings. The Labute approximate surface area is 123 Å². The normalized spacial score (nSPS) is 16.8. The van der Waals surface area contributed by atoms with Crippen LogP contribution in [0.4, 0.5) is 0 Å². The molecule has 110 valence electrons. The highest BCUT2D eigenvalue weighted by molar-refractivity contribution is 5.77. The number of hydrogen-bond acceptors (Lipinski definition) is 1. The van der Waals surface area contributed by atoms with Crippen LogP contribution >= 0.6 is 0 Å². The third-order valence-electron chi connectivity index (χ3n) is 4.46. The molecule has 2 nitrogen and oxygen atoms in total. The van der Waals surface area contributed by atoms with Crippen molar-refractivity contribution in [3.63, 3.8) is 0 Å². The molecule has 1 aromatic carbocycles. The molecule has 2 rings (SSSR count). The van der Waals surface area contributed by atoms with E-state index in [9.17, 15) is 4.79 Å². The van der Waals surface area contributed by atoms with Gasteiger partial charge in [0.1, 0.15) is 0 Å². The molecule has 0 aromatic heterocycles. The molecule has 0 heterocycles. The van der Waals surface area contributed by atoms with E-state index in [-0.39, 0.29) is 5.41 Å². The second kappa shape index (κ2) is 5.99. The van der Waals surface area contributed by atoms with Gasteiger partial charge in [-0.3, -0.25) is 4.79 Å². The first-order chi connectivity index (χ1) is 9.38.